The molecule has 1 saturated carbocycles. The van der Waals surface area contributed by atoms with Gasteiger partial charge in [0.25, 0.3) is 0 Å². The van der Waals surface area contributed by atoms with Crippen LogP contribution in [0.2, 0.25) is 0 Å². The molecule has 0 bridgehead atoms. The molecule has 5 heteroatoms. The summed E-state index contributed by atoms with van der Waals surface area (Å²) >= 11 is 0. The van der Waals surface area contributed by atoms with E-state index in [-0.39, 0.29) is 5.25 Å². The van der Waals surface area contributed by atoms with E-state index in [0.717, 1.165) is 25.7 Å². The Balaban J connectivity index is 1.94. The molecule has 0 amide bonds. The molecule has 0 aromatic carbocycles. The number of piperidine rings is 1. The monoisotopic (exact) mass is 218 g/mol. The van der Waals surface area contributed by atoms with Gasteiger partial charge >= 0.3 is 0 Å². The van der Waals surface area contributed by atoms with Crippen LogP contribution in [0.25, 0.3) is 0 Å². The van der Waals surface area contributed by atoms with Crippen molar-refractivity contribution in [1.29, 1.82) is 0 Å². The van der Waals surface area contributed by atoms with Crippen molar-refractivity contribution in [3.8, 4) is 0 Å². The first-order valence-electron chi connectivity index (χ1n) is 5.31. The molecule has 0 aromatic heterocycles. The highest BCUT2D eigenvalue weighted by atomic mass is 32.2. The Hall–Kier alpha value is -0.130. The van der Waals surface area contributed by atoms with Crippen LogP contribution in [0.1, 0.15) is 25.7 Å². The minimum atomic E-state index is -2.91. The Morgan fingerprint density at radius 2 is 1.71 bits per heavy atom. The lowest BCUT2D eigenvalue weighted by atomic mass is 10.1. The van der Waals surface area contributed by atoms with E-state index in [1.54, 1.807) is 4.31 Å². The number of hydrogen-bond acceptors (Lipinski definition) is 3. The van der Waals surface area contributed by atoms with Gasteiger partial charge in [-0.05, 0) is 32.7 Å². The fourth-order valence-electron chi connectivity index (χ4n) is 1.98. The first-order chi connectivity index (χ1) is 6.64. The Morgan fingerprint density at radius 1 is 1.14 bits per heavy atom. The van der Waals surface area contributed by atoms with E-state index in [1.807, 2.05) is 7.05 Å². The number of rotatable bonds is 3. The van der Waals surface area contributed by atoms with Crippen LogP contribution in [0.5, 0.6) is 0 Å². The molecule has 82 valence electrons. The minimum absolute atomic E-state index is 0.0476. The molecule has 1 heterocycles. The highest BCUT2D eigenvalue weighted by Gasteiger charge is 2.40. The van der Waals surface area contributed by atoms with Crippen LogP contribution in [0.15, 0.2) is 0 Å². The standard InChI is InChI=1S/C9H18N2O2S/c1-10-8-4-6-11(7-5-8)14(12,13)9-2-3-9/h8-10H,2-7H2,1H3. The zero-order valence-corrected chi connectivity index (χ0v) is 9.39. The third kappa shape index (κ3) is 1.94. The minimum Gasteiger partial charge on any atom is -0.317 e. The Morgan fingerprint density at radius 3 is 2.14 bits per heavy atom. The molecule has 2 rings (SSSR count). The molecular formula is C9H18N2O2S. The van der Waals surface area contributed by atoms with E-state index in [0.29, 0.717) is 19.1 Å². The number of nitrogens with one attached hydrogen (secondary N) is 1. The smallest absolute Gasteiger partial charge is 0.216 e. The highest BCUT2D eigenvalue weighted by molar-refractivity contribution is 7.90. The van der Waals surface area contributed by atoms with E-state index in [4.69, 9.17) is 0 Å². The predicted molar refractivity (Wildman–Crippen MR) is 55.6 cm³/mol. The second kappa shape index (κ2) is 3.79. The van der Waals surface area contributed by atoms with Gasteiger partial charge in [-0.1, -0.05) is 0 Å². The maximum atomic E-state index is 11.8. The second-order valence-corrected chi connectivity index (χ2v) is 6.42. The quantitative estimate of drug-likeness (QED) is 0.734. The van der Waals surface area contributed by atoms with E-state index in [9.17, 15) is 8.42 Å². The maximum absolute atomic E-state index is 11.8. The molecule has 0 radical (unpaired) electrons. The normalized spacial score (nSPS) is 26.6. The van der Waals surface area contributed by atoms with Gasteiger partial charge in [0.05, 0.1) is 5.25 Å². The summed E-state index contributed by atoms with van der Waals surface area (Å²) in [5.74, 6) is 0. The molecule has 4 nitrogen and oxygen atoms in total. The largest absolute Gasteiger partial charge is 0.317 e. The van der Waals surface area contributed by atoms with Crippen LogP contribution >= 0.6 is 0 Å². The van der Waals surface area contributed by atoms with Gasteiger partial charge in [0.15, 0.2) is 0 Å². The molecule has 14 heavy (non-hydrogen) atoms. The van der Waals surface area contributed by atoms with Gasteiger partial charge in [-0.2, -0.15) is 0 Å². The summed E-state index contributed by atoms with van der Waals surface area (Å²) < 4.78 is 25.4. The molecule has 2 fully saturated rings. The zero-order valence-electron chi connectivity index (χ0n) is 8.57. The molecule has 2 aliphatic rings. The number of nitrogens with zero attached hydrogens (tertiary/aromatic N) is 1. The first-order valence-corrected chi connectivity index (χ1v) is 6.81. The predicted octanol–water partition coefficient (Wildman–Crippen LogP) is 0.162. The molecule has 0 spiro atoms. The third-order valence-electron chi connectivity index (χ3n) is 3.17. The summed E-state index contributed by atoms with van der Waals surface area (Å²) in [4.78, 5) is 0. The van der Waals surface area contributed by atoms with Crippen molar-refractivity contribution in [2.24, 2.45) is 0 Å². The molecular weight excluding hydrogens is 200 g/mol. The molecule has 1 aliphatic carbocycles. The van der Waals surface area contributed by atoms with Crippen molar-refractivity contribution in [2.45, 2.75) is 37.0 Å². The van der Waals surface area contributed by atoms with Gasteiger partial charge in [0.2, 0.25) is 10.0 Å². The average molecular weight is 218 g/mol. The average Bonchev–Trinajstić information content (AvgIpc) is 3.01. The van der Waals surface area contributed by atoms with Gasteiger partial charge in [0.1, 0.15) is 0 Å². The summed E-state index contributed by atoms with van der Waals surface area (Å²) in [6, 6.07) is 0.501. The van der Waals surface area contributed by atoms with Gasteiger partial charge in [-0.3, -0.25) is 0 Å². The van der Waals surface area contributed by atoms with Crippen molar-refractivity contribution >= 4 is 10.0 Å². The topological polar surface area (TPSA) is 49.4 Å². The van der Waals surface area contributed by atoms with Gasteiger partial charge in [-0.25, -0.2) is 12.7 Å². The van der Waals surface area contributed by atoms with E-state index in [2.05, 4.69) is 5.32 Å². The van der Waals surface area contributed by atoms with Crippen LogP contribution in [0.3, 0.4) is 0 Å². The van der Waals surface area contributed by atoms with Crippen LogP contribution in [-0.2, 0) is 10.0 Å². The van der Waals surface area contributed by atoms with Crippen LogP contribution in [0.4, 0.5) is 0 Å². The highest BCUT2D eigenvalue weighted by Crippen LogP contribution is 2.32. The lowest BCUT2D eigenvalue weighted by molar-refractivity contribution is 0.298. The summed E-state index contributed by atoms with van der Waals surface area (Å²) in [7, 11) is -0.975. The first kappa shape index (κ1) is 10.4. The third-order valence-corrected chi connectivity index (χ3v) is 5.57. The van der Waals surface area contributed by atoms with Crippen molar-refractivity contribution in [3.05, 3.63) is 0 Å². The molecule has 1 saturated heterocycles. The van der Waals surface area contributed by atoms with Crippen LogP contribution in [-0.4, -0.2) is 44.2 Å². The Kier molecular flexibility index (Phi) is 2.81. The lowest BCUT2D eigenvalue weighted by Crippen LogP contribution is -2.44. The van der Waals surface area contributed by atoms with E-state index in [1.165, 1.54) is 0 Å². The summed E-state index contributed by atoms with van der Waals surface area (Å²) in [6.45, 7) is 1.40. The summed E-state index contributed by atoms with van der Waals surface area (Å²) in [5, 5.41) is 3.15. The van der Waals surface area contributed by atoms with E-state index < -0.39 is 10.0 Å². The molecule has 0 atom stereocenters. The van der Waals surface area contributed by atoms with Crippen molar-refractivity contribution in [1.82, 2.24) is 9.62 Å². The van der Waals surface area contributed by atoms with Crippen molar-refractivity contribution in [3.63, 3.8) is 0 Å². The molecule has 0 unspecified atom stereocenters. The fourth-order valence-corrected chi connectivity index (χ4v) is 3.85. The van der Waals surface area contributed by atoms with Gasteiger partial charge in [-0.15, -0.1) is 0 Å². The second-order valence-electron chi connectivity index (χ2n) is 4.21. The Labute approximate surface area is 85.7 Å². The fraction of sp³-hybridized carbons (Fsp3) is 1.00. The van der Waals surface area contributed by atoms with Crippen molar-refractivity contribution in [2.75, 3.05) is 20.1 Å². The van der Waals surface area contributed by atoms with Crippen molar-refractivity contribution < 1.29 is 8.42 Å². The molecule has 1 N–H and O–H groups in total. The van der Waals surface area contributed by atoms with Gasteiger partial charge in [0, 0.05) is 19.1 Å². The number of sulfonamides is 1. The summed E-state index contributed by atoms with van der Waals surface area (Å²) in [5.41, 5.74) is 0. The van der Waals surface area contributed by atoms with E-state index >= 15 is 0 Å². The molecule has 1 aliphatic heterocycles. The molecule has 0 aromatic rings. The summed E-state index contributed by atoms with van der Waals surface area (Å²) in [6.07, 6.45) is 3.63. The Bertz CT molecular complexity index is 290. The maximum Gasteiger partial charge on any atom is 0.216 e. The lowest BCUT2D eigenvalue weighted by Gasteiger charge is -2.30. The van der Waals surface area contributed by atoms with Crippen LogP contribution < -0.4 is 5.32 Å². The van der Waals surface area contributed by atoms with Crippen LogP contribution in [0, 0.1) is 0 Å². The number of hydrogen-bond donors (Lipinski definition) is 1. The zero-order chi connectivity index (χ0) is 10.2. The van der Waals surface area contributed by atoms with Gasteiger partial charge < -0.3 is 5.32 Å². The SMILES string of the molecule is CNC1CCN(S(=O)(=O)C2CC2)CC1.